The smallest absolute Gasteiger partial charge is 0.0970 e. The largest absolute Gasteiger partial charge is 0.387 e. The van der Waals surface area contributed by atoms with Crippen LogP contribution in [0.5, 0.6) is 0 Å². The zero-order valence-corrected chi connectivity index (χ0v) is 15.8. The second-order valence-electron chi connectivity index (χ2n) is 6.81. The van der Waals surface area contributed by atoms with Crippen molar-refractivity contribution in [3.05, 3.63) is 46.4 Å². The molecular formula is C20H20Cl2N4. The van der Waals surface area contributed by atoms with Crippen LogP contribution in [0.3, 0.4) is 0 Å². The molecule has 3 N–H and O–H groups in total. The number of hydrogen-bond donors (Lipinski definition) is 2. The Balaban J connectivity index is 1.69. The van der Waals surface area contributed by atoms with Crippen molar-refractivity contribution >= 4 is 57.1 Å². The molecule has 0 atom stereocenters. The minimum Gasteiger partial charge on any atom is -0.387 e. The molecule has 2 aromatic carbocycles. The van der Waals surface area contributed by atoms with Crippen LogP contribution < -0.4 is 5.73 Å². The molecule has 1 heterocycles. The van der Waals surface area contributed by atoms with Crippen LogP contribution in [0, 0.1) is 11.3 Å². The molecule has 1 aliphatic rings. The van der Waals surface area contributed by atoms with Crippen LogP contribution in [-0.4, -0.2) is 23.2 Å². The quantitative estimate of drug-likeness (QED) is 0.341. The molecular weight excluding hydrogens is 367 g/mol. The maximum Gasteiger partial charge on any atom is 0.0970 e. The zero-order valence-electron chi connectivity index (χ0n) is 14.3. The molecule has 134 valence electrons. The van der Waals surface area contributed by atoms with E-state index in [4.69, 9.17) is 34.3 Å². The molecule has 3 aromatic rings. The standard InChI is InChI=1S/C20H20Cl2N4/c21-13-2-4-18-16(10-13)17-11-14(22)3-5-19(17)26(18)15-8-12(9-15)20(24)25-7-1-6-23/h2-6,10-12,15,23H,1,7-9H2,(H2,24,25). The average molecular weight is 387 g/mol. The molecule has 1 saturated carbocycles. The topological polar surface area (TPSA) is 67.2 Å². The van der Waals surface area contributed by atoms with E-state index >= 15 is 0 Å². The fourth-order valence-electron chi connectivity index (χ4n) is 3.82. The van der Waals surface area contributed by atoms with E-state index in [1.165, 1.54) is 17.2 Å². The van der Waals surface area contributed by atoms with Gasteiger partial charge in [0.25, 0.3) is 0 Å². The first-order valence-electron chi connectivity index (χ1n) is 8.76. The van der Waals surface area contributed by atoms with E-state index in [-0.39, 0.29) is 0 Å². The Morgan fingerprint density at radius 1 is 1.12 bits per heavy atom. The summed E-state index contributed by atoms with van der Waals surface area (Å²) in [6, 6.07) is 12.4. The highest BCUT2D eigenvalue weighted by atomic mass is 35.5. The third-order valence-corrected chi connectivity index (χ3v) is 5.66. The first-order valence-corrected chi connectivity index (χ1v) is 9.51. The molecule has 0 amide bonds. The Bertz CT molecular complexity index is 956. The summed E-state index contributed by atoms with van der Waals surface area (Å²) in [6.07, 6.45) is 3.97. The summed E-state index contributed by atoms with van der Waals surface area (Å²) in [5.41, 5.74) is 8.48. The van der Waals surface area contributed by atoms with Crippen LogP contribution in [0.15, 0.2) is 41.4 Å². The normalized spacial score (nSPS) is 20.5. The lowest BCUT2D eigenvalue weighted by atomic mass is 9.79. The van der Waals surface area contributed by atoms with Gasteiger partial charge in [-0.15, -0.1) is 0 Å². The number of rotatable bonds is 5. The van der Waals surface area contributed by atoms with Gasteiger partial charge in [0.15, 0.2) is 0 Å². The second-order valence-corrected chi connectivity index (χ2v) is 7.69. The van der Waals surface area contributed by atoms with Crippen LogP contribution in [0.2, 0.25) is 10.0 Å². The summed E-state index contributed by atoms with van der Waals surface area (Å²) in [6.45, 7) is 0.600. The number of aliphatic imine (C=N–C) groups is 1. The van der Waals surface area contributed by atoms with E-state index in [1.807, 2.05) is 24.3 Å². The number of halogens is 2. The highest BCUT2D eigenvalue weighted by Gasteiger charge is 2.34. The van der Waals surface area contributed by atoms with Gasteiger partial charge in [-0.25, -0.2) is 0 Å². The van der Waals surface area contributed by atoms with Crippen molar-refractivity contribution < 1.29 is 0 Å². The molecule has 0 radical (unpaired) electrons. The number of hydrogen-bond acceptors (Lipinski definition) is 2. The van der Waals surface area contributed by atoms with Crippen molar-refractivity contribution in [2.24, 2.45) is 16.6 Å². The lowest BCUT2D eigenvalue weighted by molar-refractivity contribution is 0.268. The summed E-state index contributed by atoms with van der Waals surface area (Å²) in [7, 11) is 0. The Hall–Kier alpha value is -2.04. The zero-order chi connectivity index (χ0) is 18.3. The van der Waals surface area contributed by atoms with Gasteiger partial charge in [0, 0.05) is 56.8 Å². The Labute approximate surface area is 162 Å². The lowest BCUT2D eigenvalue weighted by Crippen LogP contribution is -2.36. The summed E-state index contributed by atoms with van der Waals surface area (Å²) in [5, 5.41) is 10.8. The third-order valence-electron chi connectivity index (χ3n) is 5.19. The number of nitrogens with zero attached hydrogens (tertiary/aromatic N) is 2. The Morgan fingerprint density at radius 2 is 1.69 bits per heavy atom. The summed E-state index contributed by atoms with van der Waals surface area (Å²) < 4.78 is 2.39. The number of nitrogens with two attached hydrogens (primary N) is 1. The molecule has 0 saturated heterocycles. The van der Waals surface area contributed by atoms with Crippen LogP contribution in [-0.2, 0) is 0 Å². The molecule has 1 fully saturated rings. The van der Waals surface area contributed by atoms with Crippen molar-refractivity contribution in [2.45, 2.75) is 25.3 Å². The fraction of sp³-hybridized carbons (Fsp3) is 0.300. The van der Waals surface area contributed by atoms with E-state index < -0.39 is 0 Å². The lowest BCUT2D eigenvalue weighted by Gasteiger charge is -2.37. The number of nitrogens with one attached hydrogen (secondary N) is 1. The summed E-state index contributed by atoms with van der Waals surface area (Å²) in [5.74, 6) is 1.03. The van der Waals surface area contributed by atoms with E-state index in [0.717, 1.165) is 39.5 Å². The van der Waals surface area contributed by atoms with Gasteiger partial charge in [-0.05, 0) is 55.5 Å². The Morgan fingerprint density at radius 3 is 2.23 bits per heavy atom. The number of benzene rings is 2. The molecule has 1 aromatic heterocycles. The van der Waals surface area contributed by atoms with Crippen molar-refractivity contribution in [3.63, 3.8) is 0 Å². The second kappa shape index (κ2) is 6.93. The van der Waals surface area contributed by atoms with Gasteiger partial charge >= 0.3 is 0 Å². The van der Waals surface area contributed by atoms with Gasteiger partial charge in [-0.1, -0.05) is 23.2 Å². The minimum absolute atomic E-state index is 0.317. The first kappa shape index (κ1) is 17.4. The number of fused-ring (bicyclic) bond motifs is 3. The van der Waals surface area contributed by atoms with Crippen molar-refractivity contribution in [2.75, 3.05) is 6.54 Å². The molecule has 4 nitrogen and oxygen atoms in total. The van der Waals surface area contributed by atoms with E-state index in [2.05, 4.69) is 21.7 Å². The maximum atomic E-state index is 7.07. The van der Waals surface area contributed by atoms with Crippen LogP contribution in [0.1, 0.15) is 25.3 Å². The fourth-order valence-corrected chi connectivity index (χ4v) is 4.16. The molecule has 26 heavy (non-hydrogen) atoms. The predicted molar refractivity (Wildman–Crippen MR) is 111 cm³/mol. The SMILES string of the molecule is N=CCCN=C(N)C1CC(n2c3ccc(Cl)cc3c3cc(Cl)ccc32)C1. The van der Waals surface area contributed by atoms with Gasteiger partial charge in [-0.3, -0.25) is 4.99 Å². The monoisotopic (exact) mass is 386 g/mol. The van der Waals surface area contributed by atoms with Gasteiger partial charge in [0.05, 0.1) is 5.84 Å². The van der Waals surface area contributed by atoms with Gasteiger partial charge in [-0.2, -0.15) is 0 Å². The molecule has 0 spiro atoms. The van der Waals surface area contributed by atoms with Crippen molar-refractivity contribution in [1.82, 2.24) is 4.57 Å². The van der Waals surface area contributed by atoms with Crippen LogP contribution >= 0.6 is 23.2 Å². The summed E-state index contributed by atoms with van der Waals surface area (Å²) >= 11 is 12.5. The molecule has 4 rings (SSSR count). The summed E-state index contributed by atoms with van der Waals surface area (Å²) in [4.78, 5) is 4.40. The molecule has 1 aliphatic carbocycles. The molecule has 0 bridgehead atoms. The van der Waals surface area contributed by atoms with Crippen LogP contribution in [0.4, 0.5) is 0 Å². The van der Waals surface area contributed by atoms with Crippen molar-refractivity contribution in [3.8, 4) is 0 Å². The predicted octanol–water partition coefficient (Wildman–Crippen LogP) is 5.45. The van der Waals surface area contributed by atoms with E-state index in [1.54, 1.807) is 0 Å². The highest BCUT2D eigenvalue weighted by molar-refractivity contribution is 6.33. The minimum atomic E-state index is 0.317. The molecule has 0 unspecified atom stereocenters. The molecule has 0 aliphatic heterocycles. The van der Waals surface area contributed by atoms with E-state index in [0.29, 0.717) is 24.9 Å². The van der Waals surface area contributed by atoms with Crippen molar-refractivity contribution in [1.29, 1.82) is 5.41 Å². The Kier molecular flexibility index (Phi) is 4.63. The highest BCUT2D eigenvalue weighted by Crippen LogP contribution is 2.44. The number of aromatic nitrogens is 1. The maximum absolute atomic E-state index is 7.07. The van der Waals surface area contributed by atoms with Gasteiger partial charge in [0.1, 0.15) is 0 Å². The van der Waals surface area contributed by atoms with E-state index in [9.17, 15) is 0 Å². The molecule has 6 heteroatoms. The van der Waals surface area contributed by atoms with Gasteiger partial charge < -0.3 is 15.7 Å². The third kappa shape index (κ3) is 2.97. The number of amidine groups is 1. The first-order chi connectivity index (χ1) is 12.6. The van der Waals surface area contributed by atoms with Crippen LogP contribution in [0.25, 0.3) is 21.8 Å². The average Bonchev–Trinajstić information content (AvgIpc) is 2.87. The van der Waals surface area contributed by atoms with Gasteiger partial charge in [0.2, 0.25) is 0 Å².